The molecule has 40 heavy (non-hydrogen) atoms. The van der Waals surface area contributed by atoms with Crippen LogP contribution in [0.4, 0.5) is 10.7 Å². The van der Waals surface area contributed by atoms with Crippen LogP contribution in [0.2, 0.25) is 0 Å². The molecule has 0 aromatic carbocycles. The van der Waals surface area contributed by atoms with Gasteiger partial charge in [-0.3, -0.25) is 29.4 Å². The number of nitrogens with zero attached hydrogens (tertiary/aromatic N) is 4. The first kappa shape index (κ1) is 31.7. The Kier molecular flexibility index (Phi) is 10.7. The lowest BCUT2D eigenvalue weighted by Gasteiger charge is -2.28. The van der Waals surface area contributed by atoms with Gasteiger partial charge in [0, 0.05) is 37.2 Å². The maximum atomic E-state index is 13.0. The number of aliphatic hydroxyl groups excluding tert-OH is 1. The van der Waals surface area contributed by atoms with Crippen LogP contribution in [0.5, 0.6) is 0 Å². The summed E-state index contributed by atoms with van der Waals surface area (Å²) in [7, 11) is 0. The van der Waals surface area contributed by atoms with Gasteiger partial charge in [0.05, 0.1) is 6.61 Å². The average molecular weight is 581 g/mol. The maximum absolute atomic E-state index is 13.0. The van der Waals surface area contributed by atoms with Gasteiger partial charge in [-0.1, -0.05) is 0 Å². The van der Waals surface area contributed by atoms with Crippen LogP contribution in [0.3, 0.4) is 0 Å². The van der Waals surface area contributed by atoms with Crippen LogP contribution in [-0.4, -0.2) is 96.7 Å². The molecule has 2 aromatic rings. The zero-order chi connectivity index (χ0) is 30.2. The molecule has 0 aliphatic rings. The molecule has 0 spiro atoms. The molecule has 0 radical (unpaired) electrons. The number of aromatic nitrogens is 3. The number of carboxylic acid groups (broad SMARTS) is 1. The van der Waals surface area contributed by atoms with Crippen molar-refractivity contribution >= 4 is 53.0 Å². The Hall–Kier alpha value is -4.51. The van der Waals surface area contributed by atoms with Gasteiger partial charge in [-0.05, 0) is 20.8 Å². The van der Waals surface area contributed by atoms with Crippen molar-refractivity contribution in [3.63, 3.8) is 0 Å². The minimum absolute atomic E-state index is 0.0306. The van der Waals surface area contributed by atoms with E-state index in [2.05, 4.69) is 25.6 Å². The molecule has 4 amide bonds. The number of hydrogen-bond donors (Lipinski definition) is 4. The smallest absolute Gasteiger partial charge is 0.414 e. The fraction of sp³-hybridized carbons (Fsp3) is 0.435. The first-order valence-electron chi connectivity index (χ1n) is 11.5. The molecule has 0 aliphatic heterocycles. The van der Waals surface area contributed by atoms with Crippen molar-refractivity contribution in [3.8, 4) is 10.6 Å². The highest BCUT2D eigenvalue weighted by Gasteiger charge is 2.37. The zero-order valence-corrected chi connectivity index (χ0v) is 23.0. The molecule has 2 atom stereocenters. The molecule has 0 saturated heterocycles. The molecule has 17 heteroatoms. The number of aliphatic carboxylic acids is 1. The minimum atomic E-state index is -1.93. The highest BCUT2D eigenvalue weighted by molar-refractivity contribution is 7.13. The van der Waals surface area contributed by atoms with E-state index in [0.717, 1.165) is 25.2 Å². The monoisotopic (exact) mass is 580 g/mol. The number of carbonyl (C=O) groups excluding carboxylic acids is 5. The third kappa shape index (κ3) is 9.05. The molecule has 2 rings (SSSR count). The second-order valence-corrected chi connectivity index (χ2v) is 9.91. The summed E-state index contributed by atoms with van der Waals surface area (Å²) in [5.74, 6) is -5.65. The molecule has 0 saturated carbocycles. The van der Waals surface area contributed by atoms with Gasteiger partial charge in [-0.25, -0.2) is 24.5 Å². The summed E-state index contributed by atoms with van der Waals surface area (Å²) < 4.78 is 9.93. The summed E-state index contributed by atoms with van der Waals surface area (Å²) >= 11 is 1.03. The van der Waals surface area contributed by atoms with Gasteiger partial charge in [0.1, 0.15) is 29.0 Å². The number of carbonyl (C=O) groups is 6. The molecule has 0 bridgehead atoms. The number of thiazole rings is 1. The average Bonchev–Trinajstić information content (AvgIpc) is 3.33. The maximum Gasteiger partial charge on any atom is 0.414 e. The summed E-state index contributed by atoms with van der Waals surface area (Å²) in [6.07, 6.45) is 1.95. The lowest BCUT2D eigenvalue weighted by Crippen LogP contribution is -2.58. The van der Waals surface area contributed by atoms with Crippen LogP contribution in [0.1, 0.15) is 45.1 Å². The number of carboxylic acids is 1. The van der Waals surface area contributed by atoms with Gasteiger partial charge in [0.2, 0.25) is 11.9 Å². The normalized spacial score (nSPS) is 12.4. The number of nitrogens with one attached hydrogen (secondary N) is 2. The summed E-state index contributed by atoms with van der Waals surface area (Å²) in [5, 5.41) is 25.0. The number of rotatable bonds is 10. The molecule has 216 valence electrons. The van der Waals surface area contributed by atoms with Crippen LogP contribution < -0.4 is 10.6 Å². The van der Waals surface area contributed by atoms with Crippen molar-refractivity contribution in [2.45, 2.75) is 52.3 Å². The van der Waals surface area contributed by atoms with Gasteiger partial charge in [0.25, 0.3) is 11.8 Å². The molecular weight excluding hydrogens is 552 g/mol. The minimum Gasteiger partial charge on any atom is -0.480 e. The second-order valence-electron chi connectivity index (χ2n) is 9.05. The number of anilines is 1. The quantitative estimate of drug-likeness (QED) is 0.280. The lowest BCUT2D eigenvalue weighted by atomic mass is 10.2. The summed E-state index contributed by atoms with van der Waals surface area (Å²) in [6.45, 7) is 5.23. The van der Waals surface area contributed by atoms with E-state index in [1.54, 1.807) is 20.8 Å². The Bertz CT molecular complexity index is 1270. The van der Waals surface area contributed by atoms with Crippen LogP contribution in [-0.2, 0) is 28.7 Å². The molecule has 2 heterocycles. The summed E-state index contributed by atoms with van der Waals surface area (Å²) in [5.41, 5.74) is -0.491. The molecule has 4 N–H and O–H groups in total. The number of aliphatic hydroxyl groups is 1. The summed E-state index contributed by atoms with van der Waals surface area (Å²) in [6, 6.07) is -3.61. The second kappa shape index (κ2) is 13.5. The predicted octanol–water partition coefficient (Wildman–Crippen LogP) is 0.429. The molecule has 2 unspecified atom stereocenters. The van der Waals surface area contributed by atoms with Gasteiger partial charge < -0.3 is 25.0 Å². The van der Waals surface area contributed by atoms with Crippen molar-refractivity contribution < 1.29 is 48.5 Å². The van der Waals surface area contributed by atoms with Crippen LogP contribution in [0.15, 0.2) is 17.8 Å². The van der Waals surface area contributed by atoms with Gasteiger partial charge in [-0.2, -0.15) is 0 Å². The van der Waals surface area contributed by atoms with E-state index in [1.165, 1.54) is 17.8 Å². The van der Waals surface area contributed by atoms with Gasteiger partial charge in [-0.15, -0.1) is 11.3 Å². The fourth-order valence-electron chi connectivity index (χ4n) is 2.98. The van der Waals surface area contributed by atoms with E-state index in [1.807, 2.05) is 0 Å². The van der Waals surface area contributed by atoms with E-state index in [4.69, 9.17) is 9.47 Å². The SMILES string of the molecule is CC(=O)OCC(NC(=O)c1csc(-c2cnc(NC(=O)OC(C)(C)C)nc2)n1)C(=O)N(C(C)=O)C(CO)C(=O)O. The molecule has 0 fully saturated rings. The zero-order valence-electron chi connectivity index (χ0n) is 22.2. The Morgan fingerprint density at radius 3 is 2.23 bits per heavy atom. The Balaban J connectivity index is 2.21. The van der Waals surface area contributed by atoms with Crippen LogP contribution >= 0.6 is 11.3 Å². The van der Waals surface area contributed by atoms with Crippen molar-refractivity contribution in [3.05, 3.63) is 23.5 Å². The topological polar surface area (TPSA) is 227 Å². The van der Waals surface area contributed by atoms with E-state index < -0.39 is 66.7 Å². The molecule has 0 aliphatic carbocycles. The molecular formula is C23H28N6O10S. The van der Waals surface area contributed by atoms with Crippen molar-refractivity contribution in [2.75, 3.05) is 18.5 Å². The van der Waals surface area contributed by atoms with Gasteiger partial charge in [0.15, 0.2) is 6.04 Å². The van der Waals surface area contributed by atoms with E-state index >= 15 is 0 Å². The highest BCUT2D eigenvalue weighted by atomic mass is 32.1. The Labute approximate surface area is 231 Å². The first-order chi connectivity index (χ1) is 18.6. The lowest BCUT2D eigenvalue weighted by molar-refractivity contribution is -0.161. The third-order valence-electron chi connectivity index (χ3n) is 4.65. The summed E-state index contributed by atoms with van der Waals surface area (Å²) in [4.78, 5) is 85.1. The van der Waals surface area contributed by atoms with E-state index in [0.29, 0.717) is 10.6 Å². The van der Waals surface area contributed by atoms with Crippen LogP contribution in [0, 0.1) is 0 Å². The number of imide groups is 1. The van der Waals surface area contributed by atoms with Crippen LogP contribution in [0.25, 0.3) is 10.6 Å². The van der Waals surface area contributed by atoms with Crippen molar-refractivity contribution in [1.82, 2.24) is 25.2 Å². The van der Waals surface area contributed by atoms with Crippen molar-refractivity contribution in [1.29, 1.82) is 0 Å². The first-order valence-corrected chi connectivity index (χ1v) is 12.4. The highest BCUT2D eigenvalue weighted by Crippen LogP contribution is 2.23. The fourth-order valence-corrected chi connectivity index (χ4v) is 3.76. The largest absolute Gasteiger partial charge is 0.480 e. The number of esters is 1. The third-order valence-corrected chi connectivity index (χ3v) is 5.54. The van der Waals surface area contributed by atoms with Crippen molar-refractivity contribution in [2.24, 2.45) is 0 Å². The van der Waals surface area contributed by atoms with E-state index in [-0.39, 0.29) is 16.5 Å². The van der Waals surface area contributed by atoms with Gasteiger partial charge >= 0.3 is 18.0 Å². The molecule has 2 aromatic heterocycles. The number of amides is 4. The van der Waals surface area contributed by atoms with E-state index in [9.17, 15) is 39.0 Å². The number of ether oxygens (including phenoxy) is 2. The number of hydrogen-bond acceptors (Lipinski definition) is 13. The Morgan fingerprint density at radius 2 is 1.73 bits per heavy atom. The molecule has 16 nitrogen and oxygen atoms in total. The standard InChI is InChI=1S/C23H28N6O10S/c1-11(31)29(16(8-30)20(35)36)19(34)14(9-38-12(2)32)26-17(33)15-10-40-18(27-15)13-6-24-21(25-7-13)28-22(37)39-23(3,4)5/h6-7,10,14,16,30H,8-9H2,1-5H3,(H,26,33)(H,35,36)(H,24,25,28,37). The Morgan fingerprint density at radius 1 is 1.10 bits per heavy atom. The predicted molar refractivity (Wildman–Crippen MR) is 137 cm³/mol.